The molecular formula is C24H40N2O3S. The summed E-state index contributed by atoms with van der Waals surface area (Å²) in [6.07, 6.45) is 10.7. The first-order valence-corrected chi connectivity index (χ1v) is 12.9. The topological polar surface area (TPSA) is 49.9 Å². The molecule has 1 aromatic carbocycles. The maximum absolute atomic E-state index is 12.7. The number of hydrogen-bond acceptors (Lipinski definition) is 4. The van der Waals surface area contributed by atoms with Crippen molar-refractivity contribution in [1.29, 1.82) is 0 Å². The first-order chi connectivity index (χ1) is 14.4. The van der Waals surface area contributed by atoms with Gasteiger partial charge in [-0.3, -0.25) is 0 Å². The number of likely N-dealkylation sites (N-methyl/N-ethyl adjacent to an activating group) is 1. The van der Waals surface area contributed by atoms with Gasteiger partial charge in [-0.25, -0.2) is 12.7 Å². The molecule has 1 fully saturated rings. The Labute approximate surface area is 184 Å². The SMILES string of the molecule is C=CCN(C)CCCCCCOC1CCC(N(C)S(=O)(=O)Cc2ccccc2)CC1. The number of nitrogens with zero attached hydrogens (tertiary/aromatic N) is 2. The fourth-order valence-corrected chi connectivity index (χ4v) is 5.57. The van der Waals surface area contributed by atoms with Crippen LogP contribution in [0.4, 0.5) is 0 Å². The summed E-state index contributed by atoms with van der Waals surface area (Å²) in [5.41, 5.74) is 0.841. The third kappa shape index (κ3) is 8.88. The van der Waals surface area contributed by atoms with Crippen LogP contribution in [-0.2, 0) is 20.5 Å². The fourth-order valence-electron chi connectivity index (χ4n) is 4.09. The highest BCUT2D eigenvalue weighted by atomic mass is 32.2. The molecule has 1 saturated carbocycles. The van der Waals surface area contributed by atoms with Crippen LogP contribution >= 0.6 is 0 Å². The Balaban J connectivity index is 1.60. The number of unbranched alkanes of at least 4 members (excludes halogenated alkanes) is 3. The van der Waals surface area contributed by atoms with E-state index < -0.39 is 10.0 Å². The monoisotopic (exact) mass is 436 g/mol. The third-order valence-corrected chi connectivity index (χ3v) is 7.89. The largest absolute Gasteiger partial charge is 0.378 e. The van der Waals surface area contributed by atoms with E-state index in [0.717, 1.165) is 57.4 Å². The molecule has 2 rings (SSSR count). The van der Waals surface area contributed by atoms with Crippen molar-refractivity contribution in [2.24, 2.45) is 0 Å². The van der Waals surface area contributed by atoms with E-state index in [-0.39, 0.29) is 17.9 Å². The van der Waals surface area contributed by atoms with Gasteiger partial charge in [0.05, 0.1) is 11.9 Å². The van der Waals surface area contributed by atoms with Crippen molar-refractivity contribution in [3.63, 3.8) is 0 Å². The Kier molecular flexibility index (Phi) is 11.1. The lowest BCUT2D eigenvalue weighted by atomic mass is 9.93. The molecule has 0 unspecified atom stereocenters. The molecule has 5 nitrogen and oxygen atoms in total. The first-order valence-electron chi connectivity index (χ1n) is 11.3. The minimum Gasteiger partial charge on any atom is -0.378 e. The van der Waals surface area contributed by atoms with Crippen LogP contribution < -0.4 is 0 Å². The zero-order valence-electron chi connectivity index (χ0n) is 18.8. The van der Waals surface area contributed by atoms with E-state index in [4.69, 9.17) is 4.74 Å². The van der Waals surface area contributed by atoms with Crippen molar-refractivity contribution in [2.75, 3.05) is 33.8 Å². The zero-order valence-corrected chi connectivity index (χ0v) is 19.7. The summed E-state index contributed by atoms with van der Waals surface area (Å²) in [6, 6.07) is 9.50. The molecule has 0 radical (unpaired) electrons. The minimum absolute atomic E-state index is 0.0736. The second-order valence-corrected chi connectivity index (χ2v) is 10.6. The summed E-state index contributed by atoms with van der Waals surface area (Å²) in [4.78, 5) is 2.29. The Morgan fingerprint density at radius 2 is 1.70 bits per heavy atom. The summed E-state index contributed by atoms with van der Waals surface area (Å²) in [7, 11) is 0.577. The molecule has 6 heteroatoms. The van der Waals surface area contributed by atoms with E-state index in [1.165, 1.54) is 19.3 Å². The van der Waals surface area contributed by atoms with E-state index in [2.05, 4.69) is 18.5 Å². The minimum atomic E-state index is -3.29. The molecule has 30 heavy (non-hydrogen) atoms. The van der Waals surface area contributed by atoms with Gasteiger partial charge in [-0.2, -0.15) is 0 Å². The quantitative estimate of drug-likeness (QED) is 0.319. The van der Waals surface area contributed by atoms with Crippen molar-refractivity contribution in [3.8, 4) is 0 Å². The average molecular weight is 437 g/mol. The molecule has 0 N–H and O–H groups in total. The van der Waals surface area contributed by atoms with Crippen LogP contribution in [0.2, 0.25) is 0 Å². The fraction of sp³-hybridized carbons (Fsp3) is 0.667. The van der Waals surface area contributed by atoms with Crippen molar-refractivity contribution >= 4 is 10.0 Å². The van der Waals surface area contributed by atoms with Gasteiger partial charge in [0.1, 0.15) is 0 Å². The Morgan fingerprint density at radius 3 is 2.37 bits per heavy atom. The number of sulfonamides is 1. The lowest BCUT2D eigenvalue weighted by molar-refractivity contribution is 0.0156. The van der Waals surface area contributed by atoms with Crippen molar-refractivity contribution < 1.29 is 13.2 Å². The van der Waals surface area contributed by atoms with Gasteiger partial charge in [0, 0.05) is 26.2 Å². The summed E-state index contributed by atoms with van der Waals surface area (Å²) < 4.78 is 33.2. The molecule has 0 spiro atoms. The molecule has 0 aliphatic heterocycles. The van der Waals surface area contributed by atoms with Gasteiger partial charge < -0.3 is 9.64 Å². The maximum Gasteiger partial charge on any atom is 0.218 e. The van der Waals surface area contributed by atoms with Crippen LogP contribution in [0.5, 0.6) is 0 Å². The number of ether oxygens (including phenoxy) is 1. The predicted octanol–water partition coefficient (Wildman–Crippen LogP) is 4.45. The van der Waals surface area contributed by atoms with Gasteiger partial charge in [-0.15, -0.1) is 6.58 Å². The standard InChI is InChI=1S/C24H40N2O3S/c1-4-18-25(2)19-10-5-6-11-20-29-24-16-14-23(15-17-24)26(3)30(27,28)21-22-12-8-7-9-13-22/h4,7-9,12-13,23-24H,1,5-6,10-11,14-21H2,2-3H3. The lowest BCUT2D eigenvalue weighted by Crippen LogP contribution is -2.41. The second kappa shape index (κ2) is 13.3. The van der Waals surface area contributed by atoms with Crippen LogP contribution in [-0.4, -0.2) is 63.6 Å². The number of benzene rings is 1. The normalized spacial score (nSPS) is 20.0. The molecule has 0 heterocycles. The van der Waals surface area contributed by atoms with E-state index >= 15 is 0 Å². The first kappa shape index (κ1) is 25.1. The number of rotatable bonds is 14. The van der Waals surface area contributed by atoms with Gasteiger partial charge >= 0.3 is 0 Å². The van der Waals surface area contributed by atoms with Crippen LogP contribution in [0, 0.1) is 0 Å². The summed E-state index contributed by atoms with van der Waals surface area (Å²) in [6.45, 7) is 6.66. The molecule has 170 valence electrons. The molecule has 1 aliphatic carbocycles. The predicted molar refractivity (Wildman–Crippen MR) is 125 cm³/mol. The molecule has 0 aromatic heterocycles. The van der Waals surface area contributed by atoms with Gasteiger partial charge in [-0.05, 0) is 57.7 Å². The molecule has 0 bridgehead atoms. The highest BCUT2D eigenvalue weighted by Crippen LogP contribution is 2.27. The third-order valence-electron chi connectivity index (χ3n) is 6.02. The van der Waals surface area contributed by atoms with Gasteiger partial charge in [0.2, 0.25) is 10.0 Å². The van der Waals surface area contributed by atoms with Crippen LogP contribution in [0.25, 0.3) is 0 Å². The van der Waals surface area contributed by atoms with E-state index in [1.54, 1.807) is 11.4 Å². The van der Waals surface area contributed by atoms with Gasteiger partial charge in [0.15, 0.2) is 0 Å². The lowest BCUT2D eigenvalue weighted by Gasteiger charge is -2.34. The van der Waals surface area contributed by atoms with Crippen molar-refractivity contribution in [2.45, 2.75) is 69.3 Å². The van der Waals surface area contributed by atoms with Gasteiger partial charge in [0.25, 0.3) is 0 Å². The molecule has 0 saturated heterocycles. The second-order valence-electron chi connectivity index (χ2n) is 8.52. The smallest absolute Gasteiger partial charge is 0.218 e. The molecule has 0 atom stereocenters. The summed E-state index contributed by atoms with van der Waals surface area (Å²) >= 11 is 0. The Morgan fingerprint density at radius 1 is 1.03 bits per heavy atom. The molecule has 0 amide bonds. The molecule has 1 aromatic rings. The maximum atomic E-state index is 12.7. The highest BCUT2D eigenvalue weighted by Gasteiger charge is 2.30. The Hall–Kier alpha value is -1.21. The van der Waals surface area contributed by atoms with Crippen molar-refractivity contribution in [3.05, 3.63) is 48.6 Å². The molecule has 1 aliphatic rings. The molecular weight excluding hydrogens is 396 g/mol. The number of hydrogen-bond donors (Lipinski definition) is 0. The Bertz CT molecular complexity index is 700. The van der Waals surface area contributed by atoms with Crippen molar-refractivity contribution in [1.82, 2.24) is 9.21 Å². The van der Waals surface area contributed by atoms with E-state index in [9.17, 15) is 8.42 Å². The van der Waals surface area contributed by atoms with E-state index in [0.29, 0.717) is 0 Å². The van der Waals surface area contributed by atoms with E-state index in [1.807, 2.05) is 36.4 Å². The zero-order chi connectivity index (χ0) is 21.8. The highest BCUT2D eigenvalue weighted by molar-refractivity contribution is 7.88. The summed E-state index contributed by atoms with van der Waals surface area (Å²) in [5, 5.41) is 0. The average Bonchev–Trinajstić information content (AvgIpc) is 2.73. The van der Waals surface area contributed by atoms with Gasteiger partial charge in [-0.1, -0.05) is 49.2 Å². The summed E-state index contributed by atoms with van der Waals surface area (Å²) in [5.74, 6) is 0.0736. The van der Waals surface area contributed by atoms with Crippen LogP contribution in [0.3, 0.4) is 0 Å². The van der Waals surface area contributed by atoms with Crippen LogP contribution in [0.15, 0.2) is 43.0 Å². The van der Waals surface area contributed by atoms with Crippen LogP contribution in [0.1, 0.15) is 56.9 Å².